The maximum absolute atomic E-state index is 5.38. The molecule has 0 spiro atoms. The van der Waals surface area contributed by atoms with Gasteiger partial charge in [0.2, 0.25) is 0 Å². The molecule has 0 radical (unpaired) electrons. The maximum Gasteiger partial charge on any atom is 0.0952 e. The van der Waals surface area contributed by atoms with Crippen molar-refractivity contribution >= 4 is 10.9 Å². The van der Waals surface area contributed by atoms with Crippen molar-refractivity contribution in [3.8, 4) is 0 Å². The topological polar surface area (TPSA) is 46.1 Å². The number of nitrogens with zero attached hydrogens (tertiary/aromatic N) is 3. The predicted molar refractivity (Wildman–Crippen MR) is 85.6 cm³/mol. The molecule has 0 saturated carbocycles. The molecule has 1 aliphatic heterocycles. The van der Waals surface area contributed by atoms with Crippen LogP contribution in [-0.2, 0) is 17.8 Å². The average molecular weight is 296 g/mol. The largest absolute Gasteiger partial charge is 0.382 e. The number of nitrogens with one attached hydrogen (secondary N) is 1. The summed E-state index contributed by atoms with van der Waals surface area (Å²) in [6, 6.07) is 8.95. The lowest BCUT2D eigenvalue weighted by molar-refractivity contribution is 0.0985. The molecule has 3 aromatic rings. The number of H-pyrrole nitrogens is 1. The van der Waals surface area contributed by atoms with Crippen molar-refractivity contribution in [3.05, 3.63) is 54.2 Å². The monoisotopic (exact) mass is 296 g/mol. The lowest BCUT2D eigenvalue weighted by Gasteiger charge is -2.34. The van der Waals surface area contributed by atoms with Crippen LogP contribution in [0.3, 0.4) is 0 Å². The molecule has 0 bridgehead atoms. The second kappa shape index (κ2) is 5.59. The quantitative estimate of drug-likeness (QED) is 0.805. The minimum absolute atomic E-state index is 0.335. The molecule has 5 heteroatoms. The highest BCUT2D eigenvalue weighted by molar-refractivity contribution is 5.82. The standard InChI is InChI=1S/C17H20N4O/c1-22-11-15-10-20(9-14-7-18-12-21(14)15)8-13-3-2-4-17-16(13)5-6-19-17/h2-7,12,15,19H,8-11H2,1H3. The van der Waals surface area contributed by atoms with Gasteiger partial charge in [-0.25, -0.2) is 4.98 Å². The van der Waals surface area contributed by atoms with Gasteiger partial charge in [0.05, 0.1) is 24.7 Å². The molecule has 1 unspecified atom stereocenters. The van der Waals surface area contributed by atoms with Gasteiger partial charge < -0.3 is 14.3 Å². The van der Waals surface area contributed by atoms with Crippen LogP contribution < -0.4 is 0 Å². The van der Waals surface area contributed by atoms with Gasteiger partial charge in [0, 0.05) is 50.0 Å². The van der Waals surface area contributed by atoms with Crippen LogP contribution in [0.1, 0.15) is 17.3 Å². The molecule has 1 N–H and O–H groups in total. The van der Waals surface area contributed by atoms with Crippen LogP contribution in [0.15, 0.2) is 43.0 Å². The van der Waals surface area contributed by atoms with Crippen LogP contribution in [0.4, 0.5) is 0 Å². The lowest BCUT2D eigenvalue weighted by Crippen LogP contribution is -2.38. The Morgan fingerprint density at radius 3 is 3.23 bits per heavy atom. The number of hydrogen-bond acceptors (Lipinski definition) is 3. The Kier molecular flexibility index (Phi) is 3.44. The zero-order valence-electron chi connectivity index (χ0n) is 12.7. The van der Waals surface area contributed by atoms with Gasteiger partial charge in [-0.1, -0.05) is 12.1 Å². The highest BCUT2D eigenvalue weighted by atomic mass is 16.5. The normalized spacial score (nSPS) is 18.7. The molecule has 22 heavy (non-hydrogen) atoms. The minimum Gasteiger partial charge on any atom is -0.382 e. The van der Waals surface area contributed by atoms with Gasteiger partial charge in [0.1, 0.15) is 0 Å². The van der Waals surface area contributed by atoms with Crippen LogP contribution >= 0.6 is 0 Å². The van der Waals surface area contributed by atoms with Crippen molar-refractivity contribution in [3.63, 3.8) is 0 Å². The first kappa shape index (κ1) is 13.5. The molecule has 1 aliphatic rings. The number of ether oxygens (including phenoxy) is 1. The van der Waals surface area contributed by atoms with E-state index in [-0.39, 0.29) is 0 Å². The van der Waals surface area contributed by atoms with Crippen molar-refractivity contribution < 1.29 is 4.74 Å². The Morgan fingerprint density at radius 1 is 1.36 bits per heavy atom. The molecule has 1 atom stereocenters. The number of imidazole rings is 1. The zero-order chi connectivity index (χ0) is 14.9. The Bertz CT molecular complexity index is 776. The zero-order valence-corrected chi connectivity index (χ0v) is 12.7. The summed E-state index contributed by atoms with van der Waals surface area (Å²) in [7, 11) is 1.76. The number of hydrogen-bond donors (Lipinski definition) is 1. The fourth-order valence-corrected chi connectivity index (χ4v) is 3.44. The van der Waals surface area contributed by atoms with E-state index in [1.165, 1.54) is 22.2 Å². The first-order valence-corrected chi connectivity index (χ1v) is 7.62. The van der Waals surface area contributed by atoms with E-state index in [4.69, 9.17) is 4.74 Å². The summed E-state index contributed by atoms with van der Waals surface area (Å²) >= 11 is 0. The molecule has 1 aromatic carbocycles. The van der Waals surface area contributed by atoms with E-state index in [0.29, 0.717) is 12.6 Å². The van der Waals surface area contributed by atoms with Crippen molar-refractivity contribution in [2.75, 3.05) is 20.3 Å². The van der Waals surface area contributed by atoms with Crippen molar-refractivity contribution in [1.82, 2.24) is 19.4 Å². The molecule has 114 valence electrons. The Labute approximate surface area is 129 Å². The third-order valence-electron chi connectivity index (χ3n) is 4.43. The molecule has 2 aromatic heterocycles. The Morgan fingerprint density at radius 2 is 2.32 bits per heavy atom. The minimum atomic E-state index is 0.335. The first-order chi connectivity index (χ1) is 10.8. The summed E-state index contributed by atoms with van der Waals surface area (Å²) in [5.41, 5.74) is 3.82. The SMILES string of the molecule is COCC1CN(Cc2cccc3[nH]ccc23)Cc2cncn21. The van der Waals surface area contributed by atoms with Gasteiger partial charge in [0.25, 0.3) is 0 Å². The molecule has 5 nitrogen and oxygen atoms in total. The molecule has 0 saturated heterocycles. The summed E-state index contributed by atoms with van der Waals surface area (Å²) in [5, 5.41) is 1.31. The summed E-state index contributed by atoms with van der Waals surface area (Å²) in [4.78, 5) is 10.1. The smallest absolute Gasteiger partial charge is 0.0952 e. The second-order valence-corrected chi connectivity index (χ2v) is 5.93. The fraction of sp³-hybridized carbons (Fsp3) is 0.353. The average Bonchev–Trinajstić information content (AvgIpc) is 3.16. The predicted octanol–water partition coefficient (Wildman–Crippen LogP) is 2.57. The molecule has 4 rings (SSSR count). The second-order valence-electron chi connectivity index (χ2n) is 5.93. The number of rotatable bonds is 4. The van der Waals surface area contributed by atoms with E-state index in [1.807, 2.05) is 18.7 Å². The summed E-state index contributed by atoms with van der Waals surface area (Å²) in [6.07, 6.45) is 5.89. The van der Waals surface area contributed by atoms with Crippen molar-refractivity contribution in [1.29, 1.82) is 0 Å². The van der Waals surface area contributed by atoms with E-state index < -0.39 is 0 Å². The van der Waals surface area contributed by atoms with Gasteiger partial charge in [-0.3, -0.25) is 4.90 Å². The summed E-state index contributed by atoms with van der Waals surface area (Å²) in [5.74, 6) is 0. The van der Waals surface area contributed by atoms with Gasteiger partial charge in [-0.05, 0) is 17.7 Å². The van der Waals surface area contributed by atoms with Gasteiger partial charge in [-0.15, -0.1) is 0 Å². The van der Waals surface area contributed by atoms with Crippen LogP contribution in [0.2, 0.25) is 0 Å². The number of fused-ring (bicyclic) bond motifs is 2. The molecule has 0 fully saturated rings. The van der Waals surface area contributed by atoms with E-state index in [2.05, 4.69) is 43.7 Å². The van der Waals surface area contributed by atoms with Crippen LogP contribution in [0.5, 0.6) is 0 Å². The van der Waals surface area contributed by atoms with E-state index in [1.54, 1.807) is 7.11 Å². The molecule has 3 heterocycles. The maximum atomic E-state index is 5.38. The lowest BCUT2D eigenvalue weighted by atomic mass is 10.1. The van der Waals surface area contributed by atoms with Crippen molar-refractivity contribution in [2.24, 2.45) is 0 Å². The highest BCUT2D eigenvalue weighted by Crippen LogP contribution is 2.25. The Hall–Kier alpha value is -2.11. The summed E-state index contributed by atoms with van der Waals surface area (Å²) < 4.78 is 7.63. The molecular weight excluding hydrogens is 276 g/mol. The van der Waals surface area contributed by atoms with E-state index in [9.17, 15) is 0 Å². The van der Waals surface area contributed by atoms with Gasteiger partial charge in [0.15, 0.2) is 0 Å². The van der Waals surface area contributed by atoms with Crippen LogP contribution in [-0.4, -0.2) is 39.7 Å². The number of benzene rings is 1. The van der Waals surface area contributed by atoms with E-state index in [0.717, 1.165) is 19.6 Å². The first-order valence-electron chi connectivity index (χ1n) is 7.62. The van der Waals surface area contributed by atoms with Crippen LogP contribution in [0, 0.1) is 0 Å². The number of methoxy groups -OCH3 is 1. The fourth-order valence-electron chi connectivity index (χ4n) is 3.44. The third-order valence-corrected chi connectivity index (χ3v) is 4.43. The molecule has 0 amide bonds. The summed E-state index contributed by atoms with van der Waals surface area (Å²) in [6.45, 7) is 3.58. The van der Waals surface area contributed by atoms with Crippen LogP contribution in [0.25, 0.3) is 10.9 Å². The Balaban J connectivity index is 1.60. The van der Waals surface area contributed by atoms with E-state index >= 15 is 0 Å². The van der Waals surface area contributed by atoms with Gasteiger partial charge in [-0.2, -0.15) is 0 Å². The van der Waals surface area contributed by atoms with Gasteiger partial charge >= 0.3 is 0 Å². The van der Waals surface area contributed by atoms with Crippen molar-refractivity contribution in [2.45, 2.75) is 19.1 Å². The highest BCUT2D eigenvalue weighted by Gasteiger charge is 2.25. The molecular formula is C17H20N4O. The molecule has 0 aliphatic carbocycles. The third kappa shape index (κ3) is 2.32. The number of aromatic nitrogens is 3. The number of aromatic amines is 1.